The van der Waals surface area contributed by atoms with Crippen LogP contribution in [0.1, 0.15) is 34.3 Å². The molecule has 0 aromatic heterocycles. The van der Waals surface area contributed by atoms with Gasteiger partial charge in [0.15, 0.2) is 0 Å². The van der Waals surface area contributed by atoms with E-state index < -0.39 is 0 Å². The second-order valence-electron chi connectivity index (χ2n) is 5.48. The highest BCUT2D eigenvalue weighted by atomic mass is 16.2. The minimum Gasteiger partial charge on any atom is -0.338 e. The molecule has 0 spiro atoms. The van der Waals surface area contributed by atoms with E-state index in [-0.39, 0.29) is 5.91 Å². The molecule has 1 atom stereocenters. The Balaban J connectivity index is 1.77. The van der Waals surface area contributed by atoms with Gasteiger partial charge in [-0.25, -0.2) is 0 Å². The molecule has 1 aromatic rings. The first-order chi connectivity index (χ1) is 8.78. The molecule has 0 radical (unpaired) electrons. The van der Waals surface area contributed by atoms with E-state index in [2.05, 4.69) is 12.1 Å². The molecule has 3 heteroatoms. The summed E-state index contributed by atoms with van der Waals surface area (Å²) >= 11 is 0. The van der Waals surface area contributed by atoms with Gasteiger partial charge in [-0.05, 0) is 61.4 Å². The number of amides is 1. The summed E-state index contributed by atoms with van der Waals surface area (Å²) in [7, 11) is 0. The van der Waals surface area contributed by atoms with Gasteiger partial charge in [-0.3, -0.25) is 4.79 Å². The van der Waals surface area contributed by atoms with Crippen LogP contribution >= 0.6 is 0 Å². The van der Waals surface area contributed by atoms with Crippen molar-refractivity contribution < 1.29 is 4.79 Å². The standard InChI is InChI=1S/C15H20N2O/c16-9-11-6-7-17(10-11)15(18)14-5-4-12-2-1-3-13(12)8-14/h4-5,8,11H,1-3,6-7,9-10,16H2. The zero-order chi connectivity index (χ0) is 12.5. The number of hydrogen-bond acceptors (Lipinski definition) is 2. The Kier molecular flexibility index (Phi) is 3.08. The van der Waals surface area contributed by atoms with Crippen molar-refractivity contribution in [3.05, 3.63) is 34.9 Å². The molecular weight excluding hydrogens is 224 g/mol. The van der Waals surface area contributed by atoms with Gasteiger partial charge in [-0.2, -0.15) is 0 Å². The van der Waals surface area contributed by atoms with E-state index in [0.717, 1.165) is 31.5 Å². The molecule has 1 fully saturated rings. The highest BCUT2D eigenvalue weighted by Crippen LogP contribution is 2.24. The van der Waals surface area contributed by atoms with E-state index in [1.54, 1.807) is 0 Å². The molecule has 96 valence electrons. The molecule has 0 saturated carbocycles. The minimum atomic E-state index is 0.181. The lowest BCUT2D eigenvalue weighted by Gasteiger charge is -2.16. The maximum atomic E-state index is 12.4. The van der Waals surface area contributed by atoms with Gasteiger partial charge in [0.05, 0.1) is 0 Å². The van der Waals surface area contributed by atoms with Gasteiger partial charge in [0.2, 0.25) is 0 Å². The maximum Gasteiger partial charge on any atom is 0.253 e. The van der Waals surface area contributed by atoms with E-state index in [9.17, 15) is 4.79 Å². The van der Waals surface area contributed by atoms with Crippen LogP contribution in [0.15, 0.2) is 18.2 Å². The average Bonchev–Trinajstić information content (AvgIpc) is 3.05. The van der Waals surface area contributed by atoms with Crippen LogP contribution in [0.5, 0.6) is 0 Å². The van der Waals surface area contributed by atoms with E-state index in [1.807, 2.05) is 11.0 Å². The van der Waals surface area contributed by atoms with Crippen molar-refractivity contribution in [1.29, 1.82) is 0 Å². The lowest BCUT2D eigenvalue weighted by atomic mass is 10.1. The highest BCUT2D eigenvalue weighted by Gasteiger charge is 2.26. The summed E-state index contributed by atoms with van der Waals surface area (Å²) in [5.74, 6) is 0.670. The van der Waals surface area contributed by atoms with Crippen LogP contribution in [-0.4, -0.2) is 30.4 Å². The fourth-order valence-corrected chi connectivity index (χ4v) is 3.10. The quantitative estimate of drug-likeness (QED) is 0.859. The number of hydrogen-bond donors (Lipinski definition) is 1. The first kappa shape index (κ1) is 11.7. The summed E-state index contributed by atoms with van der Waals surface area (Å²) < 4.78 is 0. The molecule has 18 heavy (non-hydrogen) atoms. The predicted octanol–water partition coefficient (Wildman–Crippen LogP) is 1.60. The molecule has 1 amide bonds. The zero-order valence-electron chi connectivity index (χ0n) is 10.7. The Hall–Kier alpha value is -1.35. The number of aryl methyl sites for hydroxylation is 2. The summed E-state index contributed by atoms with van der Waals surface area (Å²) in [6.07, 6.45) is 4.57. The first-order valence-electron chi connectivity index (χ1n) is 6.89. The van der Waals surface area contributed by atoms with Crippen LogP contribution in [0.4, 0.5) is 0 Å². The van der Waals surface area contributed by atoms with Gasteiger partial charge >= 0.3 is 0 Å². The molecule has 3 nitrogen and oxygen atoms in total. The Labute approximate surface area is 108 Å². The second kappa shape index (κ2) is 4.73. The maximum absolute atomic E-state index is 12.4. The van der Waals surface area contributed by atoms with E-state index in [4.69, 9.17) is 5.73 Å². The molecule has 2 aliphatic rings. The fourth-order valence-electron chi connectivity index (χ4n) is 3.10. The second-order valence-corrected chi connectivity index (χ2v) is 5.48. The number of likely N-dealkylation sites (tertiary alicyclic amines) is 1. The molecule has 1 saturated heterocycles. The number of benzene rings is 1. The van der Waals surface area contributed by atoms with Gasteiger partial charge in [0.1, 0.15) is 0 Å². The normalized spacial score (nSPS) is 22.3. The van der Waals surface area contributed by atoms with Gasteiger partial charge in [-0.1, -0.05) is 6.07 Å². The summed E-state index contributed by atoms with van der Waals surface area (Å²) in [5, 5.41) is 0. The monoisotopic (exact) mass is 244 g/mol. The third kappa shape index (κ3) is 2.03. The van der Waals surface area contributed by atoms with Gasteiger partial charge < -0.3 is 10.6 Å². The van der Waals surface area contributed by atoms with Gasteiger partial charge in [0, 0.05) is 18.7 Å². The molecule has 0 bridgehead atoms. The lowest BCUT2D eigenvalue weighted by Crippen LogP contribution is -2.29. The molecule has 2 N–H and O–H groups in total. The van der Waals surface area contributed by atoms with Crippen LogP contribution in [0.3, 0.4) is 0 Å². The Morgan fingerprint density at radius 1 is 1.33 bits per heavy atom. The number of carbonyl (C=O) groups is 1. The average molecular weight is 244 g/mol. The number of rotatable bonds is 2. The van der Waals surface area contributed by atoms with E-state index in [0.29, 0.717) is 12.5 Å². The summed E-state index contributed by atoms with van der Waals surface area (Å²) in [6, 6.07) is 6.22. The largest absolute Gasteiger partial charge is 0.338 e. The van der Waals surface area contributed by atoms with Crippen LogP contribution in [-0.2, 0) is 12.8 Å². The number of fused-ring (bicyclic) bond motifs is 1. The number of nitrogens with two attached hydrogens (primary N) is 1. The topological polar surface area (TPSA) is 46.3 Å². The summed E-state index contributed by atoms with van der Waals surface area (Å²) in [5.41, 5.74) is 9.32. The third-order valence-electron chi connectivity index (χ3n) is 4.25. The van der Waals surface area contributed by atoms with Crippen molar-refractivity contribution in [2.24, 2.45) is 11.7 Å². The smallest absolute Gasteiger partial charge is 0.253 e. The van der Waals surface area contributed by atoms with Crippen molar-refractivity contribution in [3.8, 4) is 0 Å². The molecule has 1 heterocycles. The van der Waals surface area contributed by atoms with Crippen molar-refractivity contribution in [3.63, 3.8) is 0 Å². The third-order valence-corrected chi connectivity index (χ3v) is 4.25. The van der Waals surface area contributed by atoms with Gasteiger partial charge in [0.25, 0.3) is 5.91 Å². The van der Waals surface area contributed by atoms with Crippen molar-refractivity contribution in [2.45, 2.75) is 25.7 Å². The fraction of sp³-hybridized carbons (Fsp3) is 0.533. The molecule has 1 aliphatic carbocycles. The van der Waals surface area contributed by atoms with Crippen LogP contribution in [0.2, 0.25) is 0 Å². The lowest BCUT2D eigenvalue weighted by molar-refractivity contribution is 0.0787. The van der Waals surface area contributed by atoms with Crippen LogP contribution in [0, 0.1) is 5.92 Å². The summed E-state index contributed by atoms with van der Waals surface area (Å²) in [4.78, 5) is 14.3. The predicted molar refractivity (Wildman–Crippen MR) is 71.5 cm³/mol. The molecule has 1 aliphatic heterocycles. The zero-order valence-corrected chi connectivity index (χ0v) is 10.7. The number of carbonyl (C=O) groups excluding carboxylic acids is 1. The van der Waals surface area contributed by atoms with E-state index in [1.165, 1.54) is 24.0 Å². The first-order valence-corrected chi connectivity index (χ1v) is 6.89. The van der Waals surface area contributed by atoms with Crippen LogP contribution in [0.25, 0.3) is 0 Å². The Morgan fingerprint density at radius 3 is 2.94 bits per heavy atom. The summed E-state index contributed by atoms with van der Waals surface area (Å²) in [6.45, 7) is 2.37. The highest BCUT2D eigenvalue weighted by molar-refractivity contribution is 5.94. The van der Waals surface area contributed by atoms with Crippen molar-refractivity contribution >= 4 is 5.91 Å². The van der Waals surface area contributed by atoms with Crippen LogP contribution < -0.4 is 5.73 Å². The molecule has 1 aromatic carbocycles. The minimum absolute atomic E-state index is 0.181. The van der Waals surface area contributed by atoms with Crippen molar-refractivity contribution in [1.82, 2.24) is 4.90 Å². The number of nitrogens with zero attached hydrogens (tertiary/aromatic N) is 1. The van der Waals surface area contributed by atoms with Crippen molar-refractivity contribution in [2.75, 3.05) is 19.6 Å². The molecular formula is C15H20N2O. The Morgan fingerprint density at radius 2 is 2.17 bits per heavy atom. The molecule has 3 rings (SSSR count). The van der Waals surface area contributed by atoms with E-state index >= 15 is 0 Å². The molecule has 1 unspecified atom stereocenters. The SMILES string of the molecule is NCC1CCN(C(=O)c2ccc3c(c2)CCC3)C1. The Bertz CT molecular complexity index is 470. The van der Waals surface area contributed by atoms with Gasteiger partial charge in [-0.15, -0.1) is 0 Å².